The number of pyridine rings is 1. The summed E-state index contributed by atoms with van der Waals surface area (Å²) in [6.45, 7) is 3.20. The van der Waals surface area contributed by atoms with Crippen LogP contribution >= 0.6 is 24.0 Å². The first kappa shape index (κ1) is 21.9. The lowest BCUT2D eigenvalue weighted by Crippen LogP contribution is -2.36. The lowest BCUT2D eigenvalue weighted by Gasteiger charge is -2.13. The van der Waals surface area contributed by atoms with Crippen molar-refractivity contribution in [1.82, 2.24) is 20.5 Å². The van der Waals surface area contributed by atoms with Crippen molar-refractivity contribution in [3.05, 3.63) is 65.0 Å². The smallest absolute Gasteiger partial charge is 0.253 e. The lowest BCUT2D eigenvalue weighted by molar-refractivity contribution is 0.0827. The third kappa shape index (κ3) is 6.62. The number of amides is 1. The standard InChI is InChI=1S/C19H25N5O.HI/c1-14-6-5-7-17(23-14)13-22-19(20-2)21-12-15-8-10-16(11-9-15)18(25)24(3)4;/h5-11H,12-13H2,1-4H3,(H2,20,21,22);1H. The van der Waals surface area contributed by atoms with Gasteiger partial charge < -0.3 is 15.5 Å². The number of carbonyl (C=O) groups is 1. The number of aliphatic imine (C=N–C) groups is 1. The number of hydrogen-bond donors (Lipinski definition) is 2. The van der Waals surface area contributed by atoms with E-state index in [0.717, 1.165) is 17.0 Å². The maximum Gasteiger partial charge on any atom is 0.253 e. The SMILES string of the molecule is CN=C(NCc1ccc(C(=O)N(C)C)cc1)NCc1cccc(C)n1.I. The predicted molar refractivity (Wildman–Crippen MR) is 116 cm³/mol. The summed E-state index contributed by atoms with van der Waals surface area (Å²) in [6.07, 6.45) is 0. The number of carbonyl (C=O) groups excluding carboxylic acids is 1. The molecule has 1 aromatic heterocycles. The zero-order chi connectivity index (χ0) is 18.2. The third-order valence-electron chi connectivity index (χ3n) is 3.67. The summed E-state index contributed by atoms with van der Waals surface area (Å²) in [5, 5.41) is 6.50. The van der Waals surface area contributed by atoms with E-state index in [1.807, 2.05) is 49.4 Å². The van der Waals surface area contributed by atoms with Crippen LogP contribution in [0.4, 0.5) is 0 Å². The first-order chi connectivity index (χ1) is 12.0. The molecule has 1 heterocycles. The van der Waals surface area contributed by atoms with Gasteiger partial charge in [0.15, 0.2) is 5.96 Å². The van der Waals surface area contributed by atoms with E-state index in [9.17, 15) is 4.79 Å². The molecule has 2 rings (SSSR count). The molecule has 0 atom stereocenters. The van der Waals surface area contributed by atoms with Crippen molar-refractivity contribution in [2.24, 2.45) is 4.99 Å². The molecule has 2 aromatic rings. The van der Waals surface area contributed by atoms with Crippen LogP contribution in [0, 0.1) is 6.92 Å². The molecule has 0 aliphatic carbocycles. The molecule has 1 aromatic carbocycles. The van der Waals surface area contributed by atoms with Crippen LogP contribution in [0.5, 0.6) is 0 Å². The van der Waals surface area contributed by atoms with Crippen LogP contribution in [0.1, 0.15) is 27.3 Å². The van der Waals surface area contributed by atoms with Gasteiger partial charge in [-0.2, -0.15) is 0 Å². The van der Waals surface area contributed by atoms with Gasteiger partial charge in [-0.05, 0) is 36.8 Å². The third-order valence-corrected chi connectivity index (χ3v) is 3.67. The summed E-state index contributed by atoms with van der Waals surface area (Å²) in [5.41, 5.74) is 3.72. The van der Waals surface area contributed by atoms with E-state index < -0.39 is 0 Å². The Morgan fingerprint density at radius 3 is 2.31 bits per heavy atom. The Morgan fingerprint density at radius 1 is 1.08 bits per heavy atom. The maximum atomic E-state index is 11.9. The number of rotatable bonds is 5. The fraction of sp³-hybridized carbons (Fsp3) is 0.316. The number of benzene rings is 1. The average molecular weight is 467 g/mol. The molecule has 6 nitrogen and oxygen atoms in total. The number of aromatic nitrogens is 1. The van der Waals surface area contributed by atoms with Crippen LogP contribution in [-0.2, 0) is 13.1 Å². The number of halogens is 1. The fourth-order valence-electron chi connectivity index (χ4n) is 2.30. The molecule has 0 aliphatic heterocycles. The largest absolute Gasteiger partial charge is 0.352 e. The van der Waals surface area contributed by atoms with Gasteiger partial charge in [-0.3, -0.25) is 14.8 Å². The van der Waals surface area contributed by atoms with Gasteiger partial charge in [-0.1, -0.05) is 18.2 Å². The Kier molecular flexibility index (Phi) is 9.04. The van der Waals surface area contributed by atoms with Crippen molar-refractivity contribution >= 4 is 35.8 Å². The highest BCUT2D eigenvalue weighted by Crippen LogP contribution is 2.06. The van der Waals surface area contributed by atoms with E-state index >= 15 is 0 Å². The van der Waals surface area contributed by atoms with Crippen LogP contribution in [0.2, 0.25) is 0 Å². The highest BCUT2D eigenvalue weighted by Gasteiger charge is 2.07. The molecule has 0 saturated carbocycles. The van der Waals surface area contributed by atoms with Crippen molar-refractivity contribution in [2.45, 2.75) is 20.0 Å². The van der Waals surface area contributed by atoms with Crippen molar-refractivity contribution in [3.63, 3.8) is 0 Å². The Balaban J connectivity index is 0.00000338. The Bertz CT molecular complexity index is 744. The van der Waals surface area contributed by atoms with Gasteiger partial charge in [0, 0.05) is 38.9 Å². The van der Waals surface area contributed by atoms with E-state index in [1.54, 1.807) is 26.0 Å². The molecule has 0 fully saturated rings. The zero-order valence-corrected chi connectivity index (χ0v) is 17.9. The van der Waals surface area contributed by atoms with Crippen LogP contribution in [0.3, 0.4) is 0 Å². The van der Waals surface area contributed by atoms with E-state index in [1.165, 1.54) is 0 Å². The van der Waals surface area contributed by atoms with Gasteiger partial charge in [0.2, 0.25) is 0 Å². The fourth-order valence-corrected chi connectivity index (χ4v) is 2.30. The quantitative estimate of drug-likeness (QED) is 0.403. The molecule has 26 heavy (non-hydrogen) atoms. The molecule has 2 N–H and O–H groups in total. The summed E-state index contributed by atoms with van der Waals surface area (Å²) in [5.74, 6) is 0.708. The van der Waals surface area contributed by atoms with Crippen molar-refractivity contribution in [2.75, 3.05) is 21.1 Å². The van der Waals surface area contributed by atoms with Crippen LogP contribution < -0.4 is 10.6 Å². The van der Waals surface area contributed by atoms with Crippen molar-refractivity contribution in [3.8, 4) is 0 Å². The van der Waals surface area contributed by atoms with Gasteiger partial charge in [0.05, 0.1) is 12.2 Å². The Hall–Kier alpha value is -2.16. The van der Waals surface area contributed by atoms with Gasteiger partial charge in [0.1, 0.15) is 0 Å². The van der Waals surface area contributed by atoms with Gasteiger partial charge in [-0.25, -0.2) is 0 Å². The average Bonchev–Trinajstić information content (AvgIpc) is 2.61. The number of guanidine groups is 1. The van der Waals surface area contributed by atoms with E-state index in [0.29, 0.717) is 24.6 Å². The minimum atomic E-state index is 0. The van der Waals surface area contributed by atoms with Gasteiger partial charge >= 0.3 is 0 Å². The van der Waals surface area contributed by atoms with Crippen LogP contribution in [0.15, 0.2) is 47.5 Å². The summed E-state index contributed by atoms with van der Waals surface area (Å²) in [4.78, 5) is 22.1. The number of nitrogens with zero attached hydrogens (tertiary/aromatic N) is 3. The minimum absolute atomic E-state index is 0. The topological polar surface area (TPSA) is 69.6 Å². The Labute approximate surface area is 172 Å². The summed E-state index contributed by atoms with van der Waals surface area (Å²) >= 11 is 0. The number of aryl methyl sites for hydroxylation is 1. The molecule has 0 bridgehead atoms. The normalized spacial score (nSPS) is 10.7. The molecule has 0 radical (unpaired) electrons. The van der Waals surface area contributed by atoms with Gasteiger partial charge in [0.25, 0.3) is 5.91 Å². The molecule has 0 spiro atoms. The van der Waals surface area contributed by atoms with E-state index in [2.05, 4.69) is 20.6 Å². The summed E-state index contributed by atoms with van der Waals surface area (Å²) in [6, 6.07) is 13.5. The number of hydrogen-bond acceptors (Lipinski definition) is 3. The summed E-state index contributed by atoms with van der Waals surface area (Å²) in [7, 11) is 5.23. The van der Waals surface area contributed by atoms with Crippen LogP contribution in [0.25, 0.3) is 0 Å². The molecule has 0 unspecified atom stereocenters. The minimum Gasteiger partial charge on any atom is -0.352 e. The molecule has 0 saturated heterocycles. The lowest BCUT2D eigenvalue weighted by atomic mass is 10.1. The van der Waals surface area contributed by atoms with Crippen molar-refractivity contribution < 1.29 is 4.79 Å². The van der Waals surface area contributed by atoms with E-state index in [-0.39, 0.29) is 29.9 Å². The molecule has 140 valence electrons. The second-order valence-electron chi connectivity index (χ2n) is 5.95. The molecule has 7 heteroatoms. The second-order valence-corrected chi connectivity index (χ2v) is 5.95. The monoisotopic (exact) mass is 467 g/mol. The Morgan fingerprint density at radius 2 is 1.73 bits per heavy atom. The molecular weight excluding hydrogens is 441 g/mol. The maximum absolute atomic E-state index is 11.9. The first-order valence-electron chi connectivity index (χ1n) is 8.17. The zero-order valence-electron chi connectivity index (χ0n) is 15.6. The van der Waals surface area contributed by atoms with Crippen LogP contribution in [-0.4, -0.2) is 42.9 Å². The first-order valence-corrected chi connectivity index (χ1v) is 8.17. The molecular formula is C19H26IN5O. The van der Waals surface area contributed by atoms with Crippen molar-refractivity contribution in [1.29, 1.82) is 0 Å². The predicted octanol–water partition coefficient (Wildman–Crippen LogP) is 2.58. The number of nitrogens with one attached hydrogen (secondary N) is 2. The highest BCUT2D eigenvalue weighted by atomic mass is 127. The summed E-state index contributed by atoms with van der Waals surface area (Å²) < 4.78 is 0. The highest BCUT2D eigenvalue weighted by molar-refractivity contribution is 14.0. The molecule has 1 amide bonds. The van der Waals surface area contributed by atoms with E-state index in [4.69, 9.17) is 0 Å². The van der Waals surface area contributed by atoms with Gasteiger partial charge in [-0.15, -0.1) is 24.0 Å². The second kappa shape index (κ2) is 10.7. The molecule has 0 aliphatic rings.